The smallest absolute Gasteiger partial charge is 0.336 e. The highest BCUT2D eigenvalue weighted by atomic mass is 19.1. The molecule has 2 aliphatic rings. The van der Waals surface area contributed by atoms with Crippen molar-refractivity contribution in [2.45, 2.75) is 45.4 Å². The maximum atomic E-state index is 15.0. The van der Waals surface area contributed by atoms with Crippen LogP contribution in [-0.4, -0.2) is 18.4 Å². The molecule has 0 bridgehead atoms. The van der Waals surface area contributed by atoms with E-state index in [1.54, 1.807) is 25.1 Å². The Morgan fingerprint density at radius 3 is 2.47 bits per heavy atom. The summed E-state index contributed by atoms with van der Waals surface area (Å²) in [4.78, 5) is 26.6. The lowest BCUT2D eigenvalue weighted by atomic mass is 9.71. The van der Waals surface area contributed by atoms with Gasteiger partial charge in [-0.25, -0.2) is 9.18 Å². The maximum Gasteiger partial charge on any atom is 0.336 e. The van der Waals surface area contributed by atoms with Gasteiger partial charge in [-0.1, -0.05) is 62.4 Å². The summed E-state index contributed by atoms with van der Waals surface area (Å²) in [5.74, 6) is -1.59. The van der Waals surface area contributed by atoms with E-state index in [1.165, 1.54) is 6.07 Å². The van der Waals surface area contributed by atoms with E-state index in [-0.39, 0.29) is 24.2 Å². The molecule has 0 saturated heterocycles. The number of rotatable bonds is 5. The molecule has 0 fully saturated rings. The molecule has 0 aromatic heterocycles. The third-order valence-electron chi connectivity index (χ3n) is 6.08. The fourth-order valence-electron chi connectivity index (χ4n) is 4.61. The molecule has 2 atom stereocenters. The van der Waals surface area contributed by atoms with Crippen LogP contribution in [0.4, 0.5) is 4.39 Å². The van der Waals surface area contributed by atoms with Crippen LogP contribution in [0.2, 0.25) is 0 Å². The minimum Gasteiger partial charge on any atom is -0.462 e. The molecule has 4 nitrogen and oxygen atoms in total. The zero-order valence-corrected chi connectivity index (χ0v) is 18.7. The van der Waals surface area contributed by atoms with Crippen LogP contribution in [0.15, 0.2) is 77.1 Å². The van der Waals surface area contributed by atoms with Crippen LogP contribution in [0, 0.1) is 11.7 Å². The Morgan fingerprint density at radius 2 is 1.78 bits per heavy atom. The fourth-order valence-corrected chi connectivity index (χ4v) is 4.61. The molecule has 166 valence electrons. The van der Waals surface area contributed by atoms with Gasteiger partial charge in [-0.3, -0.25) is 4.79 Å². The second-order valence-corrected chi connectivity index (χ2v) is 8.94. The second-order valence-electron chi connectivity index (χ2n) is 8.94. The Balaban J connectivity index is 1.78. The molecule has 0 saturated carbocycles. The van der Waals surface area contributed by atoms with Crippen LogP contribution in [-0.2, 0) is 14.3 Å². The van der Waals surface area contributed by atoms with Gasteiger partial charge in [-0.2, -0.15) is 0 Å². The quantitative estimate of drug-likeness (QED) is 0.643. The molecule has 0 spiro atoms. The van der Waals surface area contributed by atoms with Crippen LogP contribution < -0.4 is 5.32 Å². The van der Waals surface area contributed by atoms with Gasteiger partial charge in [-0.05, 0) is 36.8 Å². The van der Waals surface area contributed by atoms with Crippen molar-refractivity contribution < 1.29 is 18.7 Å². The van der Waals surface area contributed by atoms with Gasteiger partial charge >= 0.3 is 5.97 Å². The Labute approximate surface area is 188 Å². The molecule has 0 amide bonds. The van der Waals surface area contributed by atoms with Crippen LogP contribution in [0.25, 0.3) is 0 Å². The highest BCUT2D eigenvalue weighted by Gasteiger charge is 2.42. The molecule has 2 unspecified atom stereocenters. The van der Waals surface area contributed by atoms with Crippen molar-refractivity contribution in [1.82, 2.24) is 5.32 Å². The largest absolute Gasteiger partial charge is 0.462 e. The van der Waals surface area contributed by atoms with Crippen molar-refractivity contribution >= 4 is 11.8 Å². The number of halogens is 1. The molecule has 5 heteroatoms. The molecular formula is C27H28FNO3. The number of ketones is 1. The monoisotopic (exact) mass is 433 g/mol. The third-order valence-corrected chi connectivity index (χ3v) is 6.08. The molecule has 2 aromatic rings. The number of allylic oxidation sites excluding steroid dienone is 3. The van der Waals surface area contributed by atoms with Crippen LogP contribution >= 0.6 is 0 Å². The van der Waals surface area contributed by atoms with Gasteiger partial charge < -0.3 is 10.1 Å². The summed E-state index contributed by atoms with van der Waals surface area (Å²) < 4.78 is 20.5. The summed E-state index contributed by atoms with van der Waals surface area (Å²) in [6, 6.07) is 16.3. The van der Waals surface area contributed by atoms with Crippen molar-refractivity contribution in [1.29, 1.82) is 0 Å². The fraction of sp³-hybridized carbons (Fsp3) is 0.333. The van der Waals surface area contributed by atoms with Crippen LogP contribution in [0.5, 0.6) is 0 Å². The molecule has 1 heterocycles. The number of carbonyl (C=O) groups is 2. The number of Topliss-reactive ketones (excluding diaryl/α,β-unsaturated/α-hetero) is 1. The highest BCUT2D eigenvalue weighted by molar-refractivity contribution is 6.04. The lowest BCUT2D eigenvalue weighted by molar-refractivity contribution is -0.140. The highest BCUT2D eigenvalue weighted by Crippen LogP contribution is 2.46. The number of carbonyl (C=O) groups excluding carboxylic acids is 2. The van der Waals surface area contributed by atoms with Crippen molar-refractivity contribution in [3.05, 3.63) is 94.1 Å². The average molecular weight is 434 g/mol. The first-order chi connectivity index (χ1) is 15.4. The van der Waals surface area contributed by atoms with E-state index in [2.05, 4.69) is 5.32 Å². The number of hydrogen-bond donors (Lipinski definition) is 1. The zero-order valence-electron chi connectivity index (χ0n) is 18.7. The van der Waals surface area contributed by atoms with E-state index in [9.17, 15) is 14.0 Å². The summed E-state index contributed by atoms with van der Waals surface area (Å²) >= 11 is 0. The molecule has 32 heavy (non-hydrogen) atoms. The first kappa shape index (κ1) is 22.0. The Morgan fingerprint density at radius 1 is 1.09 bits per heavy atom. The van der Waals surface area contributed by atoms with Gasteiger partial charge in [0, 0.05) is 29.0 Å². The number of dihydropyridines is 1. The van der Waals surface area contributed by atoms with E-state index in [0.717, 1.165) is 11.3 Å². The van der Waals surface area contributed by atoms with Gasteiger partial charge in [0.25, 0.3) is 0 Å². The predicted molar refractivity (Wildman–Crippen MR) is 121 cm³/mol. The third kappa shape index (κ3) is 4.24. The van der Waals surface area contributed by atoms with Crippen LogP contribution in [0.1, 0.15) is 56.6 Å². The predicted octanol–water partition coefficient (Wildman–Crippen LogP) is 5.39. The van der Waals surface area contributed by atoms with Crippen molar-refractivity contribution in [2.24, 2.45) is 5.92 Å². The van der Waals surface area contributed by atoms with E-state index in [1.807, 2.05) is 44.2 Å². The molecule has 1 aliphatic carbocycles. The van der Waals surface area contributed by atoms with E-state index >= 15 is 0 Å². The van der Waals surface area contributed by atoms with Gasteiger partial charge in [0.1, 0.15) is 5.82 Å². The van der Waals surface area contributed by atoms with Gasteiger partial charge in [0.05, 0.1) is 18.1 Å². The molecule has 0 radical (unpaired) electrons. The van der Waals surface area contributed by atoms with Crippen molar-refractivity contribution in [3.63, 3.8) is 0 Å². The average Bonchev–Trinajstić information content (AvgIpc) is 2.77. The van der Waals surface area contributed by atoms with Gasteiger partial charge in [-0.15, -0.1) is 0 Å². The first-order valence-electron chi connectivity index (χ1n) is 11.1. The van der Waals surface area contributed by atoms with Gasteiger partial charge in [0.15, 0.2) is 5.78 Å². The molecule has 1 N–H and O–H groups in total. The van der Waals surface area contributed by atoms with E-state index < -0.39 is 17.7 Å². The summed E-state index contributed by atoms with van der Waals surface area (Å²) in [6.07, 6.45) is 0.949. The SMILES string of the molecule is CC1=C(C(=O)OCC(C)C)C(c2ccccc2F)C2=C(CC(c3ccccc3)CC2=O)N1. The molecular weight excluding hydrogens is 405 g/mol. The summed E-state index contributed by atoms with van der Waals surface area (Å²) in [5.41, 5.74) is 3.57. The lowest BCUT2D eigenvalue weighted by Gasteiger charge is -2.36. The topological polar surface area (TPSA) is 55.4 Å². The number of ether oxygens (including phenoxy) is 1. The number of nitrogens with one attached hydrogen (secondary N) is 1. The van der Waals surface area contributed by atoms with Crippen molar-refractivity contribution in [2.75, 3.05) is 6.61 Å². The minimum atomic E-state index is -0.781. The Bertz CT molecular complexity index is 1100. The van der Waals surface area contributed by atoms with E-state index in [0.29, 0.717) is 35.2 Å². The normalized spacial score (nSPS) is 20.8. The maximum absolute atomic E-state index is 15.0. The molecule has 2 aromatic carbocycles. The lowest BCUT2D eigenvalue weighted by Crippen LogP contribution is -2.36. The van der Waals surface area contributed by atoms with Crippen molar-refractivity contribution in [3.8, 4) is 0 Å². The Kier molecular flexibility index (Phi) is 6.26. The summed E-state index contributed by atoms with van der Waals surface area (Å²) in [6.45, 7) is 5.96. The minimum absolute atomic E-state index is 0.0402. The summed E-state index contributed by atoms with van der Waals surface area (Å²) in [5, 5.41) is 3.30. The standard InChI is InChI=1S/C27H28FNO3/c1-16(2)15-32-27(31)24-17(3)29-22-13-19(18-9-5-4-6-10-18)14-23(30)26(22)25(24)20-11-7-8-12-21(20)28/h4-12,16,19,25,29H,13-15H2,1-3H3. The Hall–Kier alpha value is -3.21. The van der Waals surface area contributed by atoms with E-state index in [4.69, 9.17) is 4.74 Å². The van der Waals surface area contributed by atoms with Crippen LogP contribution in [0.3, 0.4) is 0 Å². The first-order valence-corrected chi connectivity index (χ1v) is 11.1. The zero-order chi connectivity index (χ0) is 22.8. The van der Waals surface area contributed by atoms with Gasteiger partial charge in [0.2, 0.25) is 0 Å². The summed E-state index contributed by atoms with van der Waals surface area (Å²) in [7, 11) is 0. The number of hydrogen-bond acceptors (Lipinski definition) is 4. The molecule has 4 rings (SSSR count). The molecule has 1 aliphatic heterocycles. The number of esters is 1. The second kappa shape index (κ2) is 9.11. The number of benzene rings is 2.